The maximum absolute atomic E-state index is 13.2. The summed E-state index contributed by atoms with van der Waals surface area (Å²) in [4.78, 5) is 25.2. The highest BCUT2D eigenvalue weighted by molar-refractivity contribution is 5.86. The van der Waals surface area contributed by atoms with Gasteiger partial charge in [-0.1, -0.05) is 57.2 Å². The number of fused-ring (bicyclic) bond motifs is 1. The van der Waals surface area contributed by atoms with Crippen LogP contribution in [0.25, 0.3) is 0 Å². The van der Waals surface area contributed by atoms with E-state index in [0.717, 1.165) is 11.1 Å². The van der Waals surface area contributed by atoms with Gasteiger partial charge >= 0.3 is 11.9 Å². The Kier molecular flexibility index (Phi) is 5.65. The predicted molar refractivity (Wildman–Crippen MR) is 114 cm³/mol. The van der Waals surface area contributed by atoms with E-state index in [0.29, 0.717) is 37.4 Å². The average Bonchev–Trinajstić information content (AvgIpc) is 3.04. The molecule has 4 rings (SSSR count). The summed E-state index contributed by atoms with van der Waals surface area (Å²) in [6.45, 7) is 6.26. The summed E-state index contributed by atoms with van der Waals surface area (Å²) in [7, 11) is 0. The van der Waals surface area contributed by atoms with Crippen molar-refractivity contribution in [1.82, 2.24) is 0 Å². The van der Waals surface area contributed by atoms with Gasteiger partial charge in [-0.15, -0.1) is 0 Å². The van der Waals surface area contributed by atoms with E-state index in [1.165, 1.54) is 0 Å². The van der Waals surface area contributed by atoms with Crippen LogP contribution in [0, 0.1) is 5.41 Å². The highest BCUT2D eigenvalue weighted by Crippen LogP contribution is 2.40. The Bertz CT molecular complexity index is 967. The predicted octanol–water partition coefficient (Wildman–Crippen LogP) is 4.23. The molecule has 0 spiro atoms. The first kappa shape index (κ1) is 21.2. The fraction of sp³-hybridized carbons (Fsp3) is 0.440. The second-order valence-corrected chi connectivity index (χ2v) is 8.88. The lowest BCUT2D eigenvalue weighted by atomic mass is 9.87. The van der Waals surface area contributed by atoms with E-state index in [1.807, 2.05) is 69.3 Å². The molecule has 1 unspecified atom stereocenters. The van der Waals surface area contributed by atoms with Crippen LogP contribution in [0.1, 0.15) is 44.7 Å². The van der Waals surface area contributed by atoms with Crippen molar-refractivity contribution in [1.29, 1.82) is 0 Å². The van der Waals surface area contributed by atoms with Crippen LogP contribution >= 0.6 is 0 Å². The fourth-order valence-corrected chi connectivity index (χ4v) is 3.95. The number of cyclic esters (lactones) is 1. The van der Waals surface area contributed by atoms with Crippen LogP contribution in [-0.4, -0.2) is 30.3 Å². The molecule has 0 aliphatic carbocycles. The van der Waals surface area contributed by atoms with Crippen LogP contribution in [-0.2, 0) is 32.1 Å². The molecule has 2 aliphatic heterocycles. The molecule has 2 heterocycles. The van der Waals surface area contributed by atoms with Crippen molar-refractivity contribution >= 4 is 11.9 Å². The Morgan fingerprint density at radius 1 is 1.16 bits per heavy atom. The van der Waals surface area contributed by atoms with E-state index >= 15 is 0 Å². The molecule has 0 radical (unpaired) electrons. The number of aryl methyl sites for hydroxylation is 1. The van der Waals surface area contributed by atoms with Crippen molar-refractivity contribution < 1.29 is 28.5 Å². The summed E-state index contributed by atoms with van der Waals surface area (Å²) in [5.41, 5.74) is 0.389. The largest absolute Gasteiger partial charge is 0.489 e. The van der Waals surface area contributed by atoms with Gasteiger partial charge in [0.05, 0.1) is 0 Å². The maximum atomic E-state index is 13.2. The van der Waals surface area contributed by atoms with Gasteiger partial charge in [0.15, 0.2) is 0 Å². The summed E-state index contributed by atoms with van der Waals surface area (Å²) >= 11 is 0. The lowest BCUT2D eigenvalue weighted by molar-refractivity contribution is -0.178. The van der Waals surface area contributed by atoms with Gasteiger partial charge in [-0.05, 0) is 30.0 Å². The molecule has 2 atom stereocenters. The number of benzene rings is 2. The number of hydrogen-bond donors (Lipinski definition) is 0. The third-order valence-electron chi connectivity index (χ3n) is 6.07. The smallest absolute Gasteiger partial charge is 0.351 e. The molecule has 0 aromatic heterocycles. The Morgan fingerprint density at radius 3 is 2.61 bits per heavy atom. The average molecular weight is 424 g/mol. The molecule has 1 fully saturated rings. The summed E-state index contributed by atoms with van der Waals surface area (Å²) in [5, 5.41) is 0. The van der Waals surface area contributed by atoms with Crippen LogP contribution in [0.2, 0.25) is 0 Å². The Hall–Kier alpha value is -3.02. The van der Waals surface area contributed by atoms with Gasteiger partial charge in [0.25, 0.3) is 0 Å². The quantitative estimate of drug-likeness (QED) is 0.646. The van der Waals surface area contributed by atoms with Crippen molar-refractivity contribution in [2.45, 2.75) is 58.3 Å². The minimum atomic E-state index is -1.13. The number of hydrogen-bond acceptors (Lipinski definition) is 6. The Labute approximate surface area is 182 Å². The van der Waals surface area contributed by atoms with Crippen molar-refractivity contribution in [2.75, 3.05) is 6.61 Å². The Morgan fingerprint density at radius 2 is 1.94 bits per heavy atom. The molecule has 0 N–H and O–H groups in total. The van der Waals surface area contributed by atoms with E-state index < -0.39 is 29.1 Å². The first-order chi connectivity index (χ1) is 14.8. The first-order valence-electron chi connectivity index (χ1n) is 10.7. The molecule has 2 aromatic carbocycles. The van der Waals surface area contributed by atoms with Gasteiger partial charge in [0.2, 0.25) is 11.7 Å². The van der Waals surface area contributed by atoms with Gasteiger partial charge in [0.1, 0.15) is 24.7 Å². The van der Waals surface area contributed by atoms with E-state index in [4.69, 9.17) is 18.9 Å². The normalized spacial score (nSPS) is 24.0. The lowest BCUT2D eigenvalue weighted by Crippen LogP contribution is -2.50. The van der Waals surface area contributed by atoms with Crippen LogP contribution in [0.3, 0.4) is 0 Å². The molecular formula is C25H28O6. The van der Waals surface area contributed by atoms with Gasteiger partial charge in [-0.3, -0.25) is 0 Å². The zero-order chi connectivity index (χ0) is 22.1. The standard InChI is InChI=1S/C25H28O6/c1-4-25(23(27)30-21-22(26)29-16-24(21,2)3)13-12-18-10-11-19(14-20(18)31-25)28-15-17-8-6-5-7-9-17/h5-11,14,21H,4,12-13,15-16H2,1-3H3/t21-,25?/m1/s1. The monoisotopic (exact) mass is 424 g/mol. The molecule has 0 bridgehead atoms. The summed E-state index contributed by atoms with van der Waals surface area (Å²) in [5.74, 6) is 0.262. The van der Waals surface area contributed by atoms with Gasteiger partial charge in [0, 0.05) is 17.9 Å². The second-order valence-electron chi connectivity index (χ2n) is 8.88. The van der Waals surface area contributed by atoms with Crippen LogP contribution in [0.4, 0.5) is 0 Å². The molecule has 0 amide bonds. The number of carbonyl (C=O) groups excluding carboxylic acids is 2. The molecule has 2 aliphatic rings. The SMILES string of the molecule is CCC1(C(=O)O[C@@H]2C(=O)OCC2(C)C)CCc2ccc(OCc3ccccc3)cc2O1. The fourth-order valence-electron chi connectivity index (χ4n) is 3.95. The van der Waals surface area contributed by atoms with E-state index in [-0.39, 0.29) is 6.61 Å². The van der Waals surface area contributed by atoms with Crippen molar-refractivity contribution in [3.05, 3.63) is 59.7 Å². The minimum Gasteiger partial charge on any atom is -0.489 e. The maximum Gasteiger partial charge on any atom is 0.351 e. The molecule has 2 aromatic rings. The molecular weight excluding hydrogens is 396 g/mol. The topological polar surface area (TPSA) is 71.1 Å². The van der Waals surface area contributed by atoms with E-state index in [2.05, 4.69) is 0 Å². The highest BCUT2D eigenvalue weighted by Gasteiger charge is 2.51. The van der Waals surface area contributed by atoms with Crippen LogP contribution in [0.5, 0.6) is 11.5 Å². The zero-order valence-corrected chi connectivity index (χ0v) is 18.2. The Balaban J connectivity index is 1.49. The summed E-state index contributed by atoms with van der Waals surface area (Å²) in [6.07, 6.45) is 0.675. The molecule has 0 saturated carbocycles. The van der Waals surface area contributed by atoms with Crippen molar-refractivity contribution in [3.63, 3.8) is 0 Å². The molecule has 164 valence electrons. The third-order valence-corrected chi connectivity index (χ3v) is 6.07. The third kappa shape index (κ3) is 4.24. The van der Waals surface area contributed by atoms with Crippen molar-refractivity contribution in [2.24, 2.45) is 5.41 Å². The van der Waals surface area contributed by atoms with Crippen LogP contribution in [0.15, 0.2) is 48.5 Å². The second kappa shape index (κ2) is 8.25. The molecule has 1 saturated heterocycles. The molecule has 6 heteroatoms. The van der Waals surface area contributed by atoms with Gasteiger partial charge in [-0.25, -0.2) is 9.59 Å². The van der Waals surface area contributed by atoms with Crippen molar-refractivity contribution in [3.8, 4) is 11.5 Å². The zero-order valence-electron chi connectivity index (χ0n) is 18.2. The highest BCUT2D eigenvalue weighted by atomic mass is 16.6. The van der Waals surface area contributed by atoms with Crippen LogP contribution < -0.4 is 9.47 Å². The lowest BCUT2D eigenvalue weighted by Gasteiger charge is -2.37. The van der Waals surface area contributed by atoms with E-state index in [9.17, 15) is 9.59 Å². The number of esters is 2. The summed E-state index contributed by atoms with van der Waals surface area (Å²) in [6, 6.07) is 15.6. The number of carbonyl (C=O) groups is 2. The first-order valence-corrected chi connectivity index (χ1v) is 10.7. The summed E-state index contributed by atoms with van der Waals surface area (Å²) < 4.78 is 22.9. The number of ether oxygens (including phenoxy) is 4. The minimum absolute atomic E-state index is 0.231. The molecule has 6 nitrogen and oxygen atoms in total. The van der Waals surface area contributed by atoms with Gasteiger partial charge in [-0.2, -0.15) is 0 Å². The number of rotatable bonds is 6. The van der Waals surface area contributed by atoms with E-state index in [1.54, 1.807) is 0 Å². The molecule has 31 heavy (non-hydrogen) atoms. The van der Waals surface area contributed by atoms with Gasteiger partial charge < -0.3 is 18.9 Å².